The molecule has 0 aliphatic carbocycles. The van der Waals surface area contributed by atoms with E-state index in [1.54, 1.807) is 6.20 Å². The Morgan fingerprint density at radius 2 is 2.00 bits per heavy atom. The summed E-state index contributed by atoms with van der Waals surface area (Å²) in [5.41, 5.74) is 1.53. The maximum absolute atomic E-state index is 11.5. The number of aliphatic hydroxyl groups is 1. The van der Waals surface area contributed by atoms with Gasteiger partial charge in [-0.3, -0.25) is 4.98 Å². The molecule has 0 spiro atoms. The van der Waals surface area contributed by atoms with E-state index in [9.17, 15) is 13.5 Å². The van der Waals surface area contributed by atoms with Crippen molar-refractivity contribution >= 4 is 26.4 Å². The summed E-state index contributed by atoms with van der Waals surface area (Å²) in [7, 11) is -3.15. The number of fused-ring (bicyclic) bond motifs is 1. The molecule has 2 heterocycles. The van der Waals surface area contributed by atoms with Crippen LogP contribution < -0.4 is 5.32 Å². The molecule has 100 valence electrons. The zero-order valence-electron chi connectivity index (χ0n) is 10.2. The lowest BCUT2D eigenvalue weighted by Crippen LogP contribution is -2.31. The molecular weight excluding hydrogens is 264 g/mol. The van der Waals surface area contributed by atoms with Crippen LogP contribution >= 0.6 is 0 Å². The lowest BCUT2D eigenvalue weighted by molar-refractivity contribution is 0.190. The van der Waals surface area contributed by atoms with Crippen LogP contribution in [0.3, 0.4) is 0 Å². The van der Waals surface area contributed by atoms with Crippen molar-refractivity contribution in [1.29, 1.82) is 0 Å². The highest BCUT2D eigenvalue weighted by atomic mass is 32.2. The van der Waals surface area contributed by atoms with E-state index >= 15 is 0 Å². The number of aromatic nitrogens is 1. The third-order valence-electron chi connectivity index (χ3n) is 3.30. The van der Waals surface area contributed by atoms with Crippen LogP contribution in [0, 0.1) is 0 Å². The Morgan fingerprint density at radius 1 is 1.21 bits per heavy atom. The third-order valence-corrected chi connectivity index (χ3v) is 5.01. The Kier molecular flexibility index (Phi) is 2.91. The maximum atomic E-state index is 11.5. The minimum Gasteiger partial charge on any atom is -0.390 e. The van der Waals surface area contributed by atoms with Crippen LogP contribution in [0.4, 0.5) is 5.69 Å². The molecule has 2 atom stereocenters. The highest BCUT2D eigenvalue weighted by Gasteiger charge is 2.36. The molecule has 1 fully saturated rings. The minimum absolute atomic E-state index is 0.0443. The largest absolute Gasteiger partial charge is 0.390 e. The van der Waals surface area contributed by atoms with Gasteiger partial charge in [-0.1, -0.05) is 18.2 Å². The van der Waals surface area contributed by atoms with Gasteiger partial charge in [-0.25, -0.2) is 8.42 Å². The second-order valence-electron chi connectivity index (χ2n) is 4.78. The lowest BCUT2D eigenvalue weighted by Gasteiger charge is -2.17. The number of hydrogen-bond acceptors (Lipinski definition) is 5. The fourth-order valence-corrected chi connectivity index (χ4v) is 4.13. The van der Waals surface area contributed by atoms with Crippen molar-refractivity contribution < 1.29 is 13.5 Å². The topological polar surface area (TPSA) is 79.3 Å². The molecule has 5 nitrogen and oxygen atoms in total. The first kappa shape index (κ1) is 12.4. The number of nitrogens with zero attached hydrogens (tertiary/aromatic N) is 1. The van der Waals surface area contributed by atoms with E-state index in [4.69, 9.17) is 0 Å². The quantitative estimate of drug-likeness (QED) is 0.849. The highest BCUT2D eigenvalue weighted by Crippen LogP contribution is 2.24. The summed E-state index contributed by atoms with van der Waals surface area (Å²) < 4.78 is 23.0. The summed E-state index contributed by atoms with van der Waals surface area (Å²) in [6.45, 7) is 0. The zero-order chi connectivity index (χ0) is 13.5. The summed E-state index contributed by atoms with van der Waals surface area (Å²) in [5.74, 6) is -0.222. The maximum Gasteiger partial charge on any atom is 0.155 e. The molecule has 1 aromatic carbocycles. The van der Waals surface area contributed by atoms with E-state index in [0.717, 1.165) is 16.6 Å². The summed E-state index contributed by atoms with van der Waals surface area (Å²) in [4.78, 5) is 4.29. The smallest absolute Gasteiger partial charge is 0.155 e. The van der Waals surface area contributed by atoms with E-state index in [1.807, 2.05) is 30.3 Å². The molecule has 6 heteroatoms. The number of benzene rings is 1. The highest BCUT2D eigenvalue weighted by molar-refractivity contribution is 7.91. The first-order valence-electron chi connectivity index (χ1n) is 6.04. The molecule has 1 saturated heterocycles. The Labute approximate surface area is 111 Å². The van der Waals surface area contributed by atoms with Gasteiger partial charge in [-0.05, 0) is 12.1 Å². The minimum atomic E-state index is -3.15. The SMILES string of the molecule is O=S1(=O)C[C@@H](O)[C@H](Nc2cccc3cccnc23)C1. The average Bonchev–Trinajstić information content (AvgIpc) is 2.63. The number of rotatable bonds is 2. The monoisotopic (exact) mass is 278 g/mol. The summed E-state index contributed by atoms with van der Waals surface area (Å²) in [6, 6.07) is 8.97. The Balaban J connectivity index is 1.94. The summed E-state index contributed by atoms with van der Waals surface area (Å²) >= 11 is 0. The first-order valence-corrected chi connectivity index (χ1v) is 7.86. The van der Waals surface area contributed by atoms with E-state index in [1.165, 1.54) is 0 Å². The molecule has 19 heavy (non-hydrogen) atoms. The normalized spacial score (nSPS) is 25.5. The van der Waals surface area contributed by atoms with Crippen LogP contribution in [0.5, 0.6) is 0 Å². The lowest BCUT2D eigenvalue weighted by atomic mass is 10.1. The predicted molar refractivity (Wildman–Crippen MR) is 73.8 cm³/mol. The summed E-state index contributed by atoms with van der Waals surface area (Å²) in [5, 5.41) is 13.9. The van der Waals surface area contributed by atoms with Crippen molar-refractivity contribution in [2.45, 2.75) is 12.1 Å². The number of anilines is 1. The molecule has 0 amide bonds. The zero-order valence-corrected chi connectivity index (χ0v) is 11.0. The Bertz CT molecular complexity index is 709. The number of nitrogens with one attached hydrogen (secondary N) is 1. The van der Waals surface area contributed by atoms with Gasteiger partial charge in [0.25, 0.3) is 0 Å². The van der Waals surface area contributed by atoms with Crippen LogP contribution in [-0.2, 0) is 9.84 Å². The molecule has 1 aliphatic heterocycles. The molecule has 2 aromatic rings. The molecule has 0 unspecified atom stereocenters. The summed E-state index contributed by atoms with van der Waals surface area (Å²) in [6.07, 6.45) is 0.818. The van der Waals surface area contributed by atoms with E-state index in [0.29, 0.717) is 0 Å². The van der Waals surface area contributed by atoms with Crippen molar-refractivity contribution in [1.82, 2.24) is 4.98 Å². The van der Waals surface area contributed by atoms with Gasteiger partial charge in [-0.2, -0.15) is 0 Å². The molecule has 1 aliphatic rings. The van der Waals surface area contributed by atoms with Gasteiger partial charge in [0.15, 0.2) is 9.84 Å². The van der Waals surface area contributed by atoms with Crippen molar-refractivity contribution in [2.24, 2.45) is 0 Å². The van der Waals surface area contributed by atoms with Crippen molar-refractivity contribution in [2.75, 3.05) is 16.8 Å². The molecule has 2 N–H and O–H groups in total. The molecule has 1 aromatic heterocycles. The third kappa shape index (κ3) is 2.41. The van der Waals surface area contributed by atoms with Crippen LogP contribution in [0.2, 0.25) is 0 Å². The Morgan fingerprint density at radius 3 is 2.74 bits per heavy atom. The van der Waals surface area contributed by atoms with Gasteiger partial charge in [-0.15, -0.1) is 0 Å². The second-order valence-corrected chi connectivity index (χ2v) is 6.93. The molecule has 0 radical (unpaired) electrons. The molecular formula is C13H14N2O3S. The molecule has 0 saturated carbocycles. The van der Waals surface area contributed by atoms with Crippen LogP contribution in [0.1, 0.15) is 0 Å². The van der Waals surface area contributed by atoms with Gasteiger partial charge in [0, 0.05) is 11.6 Å². The van der Waals surface area contributed by atoms with Crippen molar-refractivity contribution in [3.05, 3.63) is 36.5 Å². The fourth-order valence-electron chi connectivity index (χ4n) is 2.39. The second kappa shape index (κ2) is 4.47. The van der Waals surface area contributed by atoms with Crippen molar-refractivity contribution in [3.63, 3.8) is 0 Å². The number of pyridine rings is 1. The van der Waals surface area contributed by atoms with Gasteiger partial charge >= 0.3 is 0 Å². The average molecular weight is 278 g/mol. The number of sulfone groups is 1. The van der Waals surface area contributed by atoms with Crippen molar-refractivity contribution in [3.8, 4) is 0 Å². The molecule has 0 bridgehead atoms. The number of para-hydroxylation sites is 1. The van der Waals surface area contributed by atoms with Crippen LogP contribution in [0.25, 0.3) is 10.9 Å². The van der Waals surface area contributed by atoms with E-state index in [-0.39, 0.29) is 11.5 Å². The van der Waals surface area contributed by atoms with E-state index in [2.05, 4.69) is 10.3 Å². The predicted octanol–water partition coefficient (Wildman–Crippen LogP) is 0.805. The van der Waals surface area contributed by atoms with Gasteiger partial charge < -0.3 is 10.4 Å². The standard InChI is InChI=1S/C13H14N2O3S/c16-12-8-19(17,18)7-11(12)15-10-5-1-3-9-4-2-6-14-13(9)10/h1-6,11-12,15-16H,7-8H2/t11-,12-/m1/s1. The fraction of sp³-hybridized carbons (Fsp3) is 0.308. The Hall–Kier alpha value is -1.66. The van der Waals surface area contributed by atoms with Gasteiger partial charge in [0.2, 0.25) is 0 Å². The van der Waals surface area contributed by atoms with Gasteiger partial charge in [0.05, 0.1) is 34.9 Å². The molecule has 3 rings (SSSR count). The van der Waals surface area contributed by atoms with E-state index < -0.39 is 22.0 Å². The van der Waals surface area contributed by atoms with Gasteiger partial charge in [0.1, 0.15) is 0 Å². The van der Waals surface area contributed by atoms with Crippen LogP contribution in [0.15, 0.2) is 36.5 Å². The van der Waals surface area contributed by atoms with Crippen LogP contribution in [-0.4, -0.2) is 42.2 Å². The number of hydrogen-bond donors (Lipinski definition) is 2. The number of aliphatic hydroxyl groups excluding tert-OH is 1. The first-order chi connectivity index (χ1) is 9.05.